The van der Waals surface area contributed by atoms with Crippen LogP contribution in [0.3, 0.4) is 0 Å². The molecule has 0 saturated carbocycles. The van der Waals surface area contributed by atoms with Crippen LogP contribution >= 0.6 is 0 Å². The van der Waals surface area contributed by atoms with Crippen molar-refractivity contribution in [3.05, 3.63) is 81.4 Å². The van der Waals surface area contributed by atoms with Gasteiger partial charge in [-0.1, -0.05) is 24.3 Å². The van der Waals surface area contributed by atoms with E-state index >= 15 is 0 Å². The highest BCUT2D eigenvalue weighted by molar-refractivity contribution is 5.79. The zero-order valence-corrected chi connectivity index (χ0v) is 11.5. The van der Waals surface area contributed by atoms with Gasteiger partial charge in [-0.15, -0.1) is 0 Å². The first-order valence-electron chi connectivity index (χ1n) is 6.65. The Morgan fingerprint density at radius 2 is 1.76 bits per heavy atom. The van der Waals surface area contributed by atoms with Crippen molar-refractivity contribution < 1.29 is 9.60 Å². The van der Waals surface area contributed by atoms with E-state index in [1.54, 1.807) is 43.3 Å². The summed E-state index contributed by atoms with van der Waals surface area (Å²) < 4.78 is 14.0. The Bertz CT molecular complexity index is 866. The van der Waals surface area contributed by atoms with Crippen molar-refractivity contribution in [3.8, 4) is 0 Å². The molecule has 0 spiro atoms. The molecule has 0 atom stereocenters. The molecule has 4 heteroatoms. The SMILES string of the molecule is Cc1c(Cc2ccc(F)cc2)c(=O)c2ccccc2n1O. The Morgan fingerprint density at radius 1 is 1.10 bits per heavy atom. The van der Waals surface area contributed by atoms with Crippen LogP contribution in [0.4, 0.5) is 4.39 Å². The number of halogens is 1. The zero-order chi connectivity index (χ0) is 15.0. The first-order valence-corrected chi connectivity index (χ1v) is 6.65. The van der Waals surface area contributed by atoms with E-state index in [2.05, 4.69) is 0 Å². The van der Waals surface area contributed by atoms with E-state index in [-0.39, 0.29) is 11.2 Å². The van der Waals surface area contributed by atoms with E-state index in [4.69, 9.17) is 0 Å². The maximum absolute atomic E-state index is 13.0. The van der Waals surface area contributed by atoms with E-state index < -0.39 is 0 Å². The minimum absolute atomic E-state index is 0.0993. The Balaban J connectivity index is 2.18. The topological polar surface area (TPSA) is 42.2 Å². The Hall–Kier alpha value is -2.62. The number of hydrogen-bond acceptors (Lipinski definition) is 2. The summed E-state index contributed by atoms with van der Waals surface area (Å²) in [6.07, 6.45) is 0.357. The molecule has 2 aromatic carbocycles. The molecule has 106 valence electrons. The number of pyridine rings is 1. The Morgan fingerprint density at radius 3 is 2.48 bits per heavy atom. The number of para-hydroxylation sites is 1. The molecular weight excluding hydrogens is 269 g/mol. The lowest BCUT2D eigenvalue weighted by Gasteiger charge is -2.12. The van der Waals surface area contributed by atoms with Gasteiger partial charge in [0.15, 0.2) is 5.43 Å². The molecule has 3 rings (SSSR count). The average Bonchev–Trinajstić information content (AvgIpc) is 2.51. The van der Waals surface area contributed by atoms with Crippen LogP contribution in [0.5, 0.6) is 0 Å². The normalized spacial score (nSPS) is 11.0. The van der Waals surface area contributed by atoms with Gasteiger partial charge < -0.3 is 5.21 Å². The van der Waals surface area contributed by atoms with Gasteiger partial charge in [-0.2, -0.15) is 4.73 Å². The molecule has 0 fully saturated rings. The highest BCUT2D eigenvalue weighted by Gasteiger charge is 2.13. The summed E-state index contributed by atoms with van der Waals surface area (Å²) in [5.74, 6) is -0.312. The van der Waals surface area contributed by atoms with Gasteiger partial charge in [0.25, 0.3) is 0 Å². The molecule has 0 saturated heterocycles. The predicted octanol–water partition coefficient (Wildman–Crippen LogP) is 3.28. The molecule has 0 unspecified atom stereocenters. The second kappa shape index (κ2) is 5.05. The van der Waals surface area contributed by atoms with Gasteiger partial charge in [0, 0.05) is 17.4 Å². The monoisotopic (exact) mass is 283 g/mol. The lowest BCUT2D eigenvalue weighted by Crippen LogP contribution is -2.18. The summed E-state index contributed by atoms with van der Waals surface area (Å²) >= 11 is 0. The molecule has 0 radical (unpaired) electrons. The summed E-state index contributed by atoms with van der Waals surface area (Å²) in [4.78, 5) is 12.6. The van der Waals surface area contributed by atoms with Gasteiger partial charge >= 0.3 is 0 Å². The largest absolute Gasteiger partial charge is 0.428 e. The number of hydrogen-bond donors (Lipinski definition) is 1. The van der Waals surface area contributed by atoms with Crippen LogP contribution in [-0.4, -0.2) is 9.94 Å². The summed E-state index contributed by atoms with van der Waals surface area (Å²) in [5.41, 5.74) is 2.23. The second-order valence-electron chi connectivity index (χ2n) is 5.03. The van der Waals surface area contributed by atoms with Crippen LogP contribution in [0.15, 0.2) is 53.3 Å². The Kier molecular flexibility index (Phi) is 3.22. The smallest absolute Gasteiger partial charge is 0.193 e. The molecule has 0 aliphatic carbocycles. The lowest BCUT2D eigenvalue weighted by molar-refractivity contribution is 0.190. The van der Waals surface area contributed by atoms with Crippen LogP contribution in [0.2, 0.25) is 0 Å². The quantitative estimate of drug-likeness (QED) is 0.733. The number of nitrogens with zero attached hydrogens (tertiary/aromatic N) is 1. The fourth-order valence-corrected chi connectivity index (χ4v) is 2.50. The summed E-state index contributed by atoms with van der Waals surface area (Å²) in [5, 5.41) is 10.7. The van der Waals surface area contributed by atoms with Crippen LogP contribution < -0.4 is 5.43 Å². The maximum atomic E-state index is 13.0. The van der Waals surface area contributed by atoms with Crippen molar-refractivity contribution in [3.63, 3.8) is 0 Å². The molecule has 3 aromatic rings. The third kappa shape index (κ3) is 2.29. The van der Waals surface area contributed by atoms with Crippen molar-refractivity contribution >= 4 is 10.9 Å². The first-order chi connectivity index (χ1) is 10.1. The third-order valence-electron chi connectivity index (χ3n) is 3.70. The standard InChI is InChI=1S/C17H14FNO2/c1-11-15(10-12-6-8-13(18)9-7-12)17(20)14-4-2-3-5-16(14)19(11)21/h2-9,21H,10H2,1H3. The predicted molar refractivity (Wildman–Crippen MR) is 79.3 cm³/mol. The van der Waals surface area contributed by atoms with Crippen molar-refractivity contribution in [1.29, 1.82) is 0 Å². The van der Waals surface area contributed by atoms with Crippen LogP contribution in [0, 0.1) is 12.7 Å². The maximum Gasteiger partial charge on any atom is 0.193 e. The molecule has 0 aliphatic rings. The first kappa shape index (κ1) is 13.4. The van der Waals surface area contributed by atoms with E-state index in [1.807, 2.05) is 0 Å². The number of benzene rings is 2. The van der Waals surface area contributed by atoms with Gasteiger partial charge in [0.2, 0.25) is 0 Å². The summed E-state index contributed by atoms with van der Waals surface area (Å²) in [7, 11) is 0. The van der Waals surface area contributed by atoms with Crippen molar-refractivity contribution in [1.82, 2.24) is 4.73 Å². The van der Waals surface area contributed by atoms with E-state index in [0.717, 1.165) is 10.3 Å². The van der Waals surface area contributed by atoms with Gasteiger partial charge in [-0.25, -0.2) is 4.39 Å². The average molecular weight is 283 g/mol. The van der Waals surface area contributed by atoms with E-state index in [9.17, 15) is 14.4 Å². The highest BCUT2D eigenvalue weighted by Crippen LogP contribution is 2.17. The number of aromatic nitrogens is 1. The lowest BCUT2D eigenvalue weighted by atomic mass is 10.0. The zero-order valence-electron chi connectivity index (χ0n) is 11.5. The molecule has 0 bridgehead atoms. The molecular formula is C17H14FNO2. The van der Waals surface area contributed by atoms with Crippen LogP contribution in [-0.2, 0) is 6.42 Å². The highest BCUT2D eigenvalue weighted by atomic mass is 19.1. The molecule has 21 heavy (non-hydrogen) atoms. The number of fused-ring (bicyclic) bond motifs is 1. The van der Waals surface area contributed by atoms with E-state index in [1.165, 1.54) is 12.1 Å². The fourth-order valence-electron chi connectivity index (χ4n) is 2.50. The van der Waals surface area contributed by atoms with E-state index in [0.29, 0.717) is 28.6 Å². The minimum atomic E-state index is -0.312. The molecule has 1 heterocycles. The third-order valence-corrected chi connectivity index (χ3v) is 3.70. The van der Waals surface area contributed by atoms with Crippen LogP contribution in [0.25, 0.3) is 10.9 Å². The molecule has 1 aromatic heterocycles. The van der Waals surface area contributed by atoms with Crippen LogP contribution in [0.1, 0.15) is 16.8 Å². The van der Waals surface area contributed by atoms with Gasteiger partial charge in [-0.3, -0.25) is 4.79 Å². The fraction of sp³-hybridized carbons (Fsp3) is 0.118. The van der Waals surface area contributed by atoms with Crippen molar-refractivity contribution in [2.24, 2.45) is 0 Å². The number of rotatable bonds is 2. The van der Waals surface area contributed by atoms with Crippen molar-refractivity contribution in [2.45, 2.75) is 13.3 Å². The minimum Gasteiger partial charge on any atom is -0.428 e. The van der Waals surface area contributed by atoms with Crippen molar-refractivity contribution in [2.75, 3.05) is 0 Å². The van der Waals surface area contributed by atoms with Gasteiger partial charge in [0.05, 0.1) is 11.2 Å². The molecule has 0 amide bonds. The van der Waals surface area contributed by atoms with Gasteiger partial charge in [-0.05, 0) is 36.8 Å². The molecule has 1 N–H and O–H groups in total. The molecule has 0 aliphatic heterocycles. The summed E-state index contributed by atoms with van der Waals surface area (Å²) in [6, 6.07) is 12.9. The van der Waals surface area contributed by atoms with Gasteiger partial charge in [0.1, 0.15) is 5.82 Å². The molecule has 3 nitrogen and oxygen atoms in total. The second-order valence-corrected chi connectivity index (χ2v) is 5.03. The summed E-state index contributed by atoms with van der Waals surface area (Å²) in [6.45, 7) is 1.70. The Labute approximate surface area is 120 Å².